The molecule has 1 aliphatic rings. The molecule has 0 amide bonds. The molecule has 1 fully saturated rings. The first-order valence-corrected chi connectivity index (χ1v) is 11.0. The third kappa shape index (κ3) is 5.20. The van der Waals surface area contributed by atoms with E-state index in [0.717, 1.165) is 24.0 Å². The van der Waals surface area contributed by atoms with Crippen molar-refractivity contribution in [3.63, 3.8) is 0 Å². The SMILES string of the molecule is C=C(/C=C(\PC)c1ccc(C#CC2CC(O)C2)cc1)Cn1ccnc1[C@H](C)O. The summed E-state index contributed by atoms with van der Waals surface area (Å²) in [7, 11) is 0.642. The maximum Gasteiger partial charge on any atom is 0.137 e. The molecular weight excluding hydrogens is 367 g/mol. The fourth-order valence-corrected chi connectivity index (χ4v) is 4.02. The Bertz CT molecular complexity index is 910. The largest absolute Gasteiger partial charge is 0.393 e. The van der Waals surface area contributed by atoms with Gasteiger partial charge in [-0.15, -0.1) is 0 Å². The van der Waals surface area contributed by atoms with Crippen molar-refractivity contribution in [2.75, 3.05) is 6.66 Å². The molecular formula is C23H27N2O2P. The second-order valence-electron chi connectivity index (χ2n) is 7.22. The summed E-state index contributed by atoms with van der Waals surface area (Å²) in [4.78, 5) is 4.21. The quantitative estimate of drug-likeness (QED) is 0.443. The number of hydrogen-bond acceptors (Lipinski definition) is 3. The Hall–Kier alpha value is -2.18. The van der Waals surface area contributed by atoms with Crippen LogP contribution in [0, 0.1) is 17.8 Å². The van der Waals surface area contributed by atoms with E-state index in [4.69, 9.17) is 0 Å². The van der Waals surface area contributed by atoms with Crippen molar-refractivity contribution in [3.8, 4) is 11.8 Å². The number of aromatic nitrogens is 2. The highest BCUT2D eigenvalue weighted by atomic mass is 31.1. The van der Waals surface area contributed by atoms with Crippen LogP contribution in [-0.2, 0) is 6.54 Å². The molecule has 0 spiro atoms. The normalized spacial score (nSPS) is 20.5. The Morgan fingerprint density at radius 3 is 2.71 bits per heavy atom. The molecule has 1 saturated carbocycles. The van der Waals surface area contributed by atoms with E-state index in [9.17, 15) is 10.2 Å². The summed E-state index contributed by atoms with van der Waals surface area (Å²) in [5.41, 5.74) is 3.15. The van der Waals surface area contributed by atoms with Gasteiger partial charge in [-0.2, -0.15) is 0 Å². The monoisotopic (exact) mass is 394 g/mol. The molecule has 1 aromatic carbocycles. The molecule has 2 atom stereocenters. The molecule has 0 bridgehead atoms. The average Bonchev–Trinajstić information content (AvgIpc) is 3.11. The van der Waals surface area contributed by atoms with Gasteiger partial charge < -0.3 is 14.8 Å². The minimum Gasteiger partial charge on any atom is -0.393 e. The van der Waals surface area contributed by atoms with Gasteiger partial charge in [0.05, 0.1) is 6.10 Å². The molecule has 1 heterocycles. The third-order valence-electron chi connectivity index (χ3n) is 4.84. The van der Waals surface area contributed by atoms with Gasteiger partial charge in [-0.3, -0.25) is 0 Å². The van der Waals surface area contributed by atoms with Gasteiger partial charge in [0.2, 0.25) is 0 Å². The first-order valence-electron chi connectivity index (χ1n) is 9.52. The molecule has 0 radical (unpaired) electrons. The summed E-state index contributed by atoms with van der Waals surface area (Å²) in [6.07, 6.45) is 6.52. The van der Waals surface area contributed by atoms with Crippen LogP contribution in [0.3, 0.4) is 0 Å². The number of nitrogens with zero attached hydrogens (tertiary/aromatic N) is 2. The average molecular weight is 394 g/mol. The summed E-state index contributed by atoms with van der Waals surface area (Å²) >= 11 is 0. The van der Waals surface area contributed by atoms with Crippen LogP contribution >= 0.6 is 8.58 Å². The van der Waals surface area contributed by atoms with E-state index in [1.807, 2.05) is 10.8 Å². The molecule has 2 aromatic rings. The van der Waals surface area contributed by atoms with Crippen LogP contribution < -0.4 is 0 Å². The predicted molar refractivity (Wildman–Crippen MR) is 116 cm³/mol. The van der Waals surface area contributed by atoms with Gasteiger partial charge in [0.25, 0.3) is 0 Å². The Morgan fingerprint density at radius 2 is 2.11 bits per heavy atom. The lowest BCUT2D eigenvalue weighted by Crippen LogP contribution is -2.26. The van der Waals surface area contributed by atoms with Crippen LogP contribution in [-0.4, -0.2) is 32.5 Å². The Morgan fingerprint density at radius 1 is 1.39 bits per heavy atom. The summed E-state index contributed by atoms with van der Waals surface area (Å²) in [5, 5.41) is 20.4. The molecule has 146 valence electrons. The molecule has 1 unspecified atom stereocenters. The zero-order chi connectivity index (χ0) is 20.1. The molecule has 2 N–H and O–H groups in total. The van der Waals surface area contributed by atoms with Gasteiger partial charge in [-0.1, -0.05) is 39.1 Å². The fraction of sp³-hybridized carbons (Fsp3) is 0.348. The zero-order valence-corrected chi connectivity index (χ0v) is 17.4. The molecule has 28 heavy (non-hydrogen) atoms. The van der Waals surface area contributed by atoms with Crippen molar-refractivity contribution in [2.24, 2.45) is 5.92 Å². The minimum atomic E-state index is -0.601. The van der Waals surface area contributed by atoms with Crippen LogP contribution in [0.2, 0.25) is 0 Å². The van der Waals surface area contributed by atoms with E-state index in [1.165, 1.54) is 10.9 Å². The third-order valence-corrected chi connectivity index (χ3v) is 5.81. The van der Waals surface area contributed by atoms with Crippen molar-refractivity contribution < 1.29 is 10.2 Å². The van der Waals surface area contributed by atoms with E-state index in [-0.39, 0.29) is 6.10 Å². The van der Waals surface area contributed by atoms with Gasteiger partial charge in [0.15, 0.2) is 0 Å². The first kappa shape index (κ1) is 20.6. The maximum atomic E-state index is 9.80. The van der Waals surface area contributed by atoms with Gasteiger partial charge in [0, 0.05) is 30.4 Å². The number of rotatable bonds is 6. The number of aliphatic hydroxyl groups excluding tert-OH is 2. The Labute approximate surface area is 168 Å². The van der Waals surface area contributed by atoms with E-state index in [2.05, 4.69) is 60.4 Å². The second-order valence-corrected chi connectivity index (χ2v) is 8.26. The van der Waals surface area contributed by atoms with Crippen molar-refractivity contribution in [1.29, 1.82) is 0 Å². The Balaban J connectivity index is 1.68. The van der Waals surface area contributed by atoms with Crippen LogP contribution in [0.4, 0.5) is 0 Å². The maximum absolute atomic E-state index is 9.80. The molecule has 0 saturated heterocycles. The second kappa shape index (κ2) is 9.34. The van der Waals surface area contributed by atoms with Crippen LogP contribution in [0.5, 0.6) is 0 Å². The van der Waals surface area contributed by atoms with Gasteiger partial charge >= 0.3 is 0 Å². The lowest BCUT2D eigenvalue weighted by atomic mass is 9.83. The molecule has 3 rings (SSSR count). The smallest absolute Gasteiger partial charge is 0.137 e. The van der Waals surface area contributed by atoms with E-state index in [0.29, 0.717) is 26.9 Å². The number of imidazole rings is 1. The highest BCUT2D eigenvalue weighted by Gasteiger charge is 2.24. The number of allylic oxidation sites excluding steroid dienone is 2. The van der Waals surface area contributed by atoms with Gasteiger partial charge in [-0.25, -0.2) is 4.98 Å². The number of hydrogen-bond donors (Lipinski definition) is 2. The topological polar surface area (TPSA) is 58.3 Å². The molecule has 1 aromatic heterocycles. The lowest BCUT2D eigenvalue weighted by molar-refractivity contribution is 0.0666. The van der Waals surface area contributed by atoms with Crippen LogP contribution in [0.25, 0.3) is 5.31 Å². The summed E-state index contributed by atoms with van der Waals surface area (Å²) in [5.74, 6) is 7.43. The predicted octanol–water partition coefficient (Wildman–Crippen LogP) is 3.96. The molecule has 5 heteroatoms. The fourth-order valence-electron chi connectivity index (χ4n) is 3.21. The van der Waals surface area contributed by atoms with Crippen molar-refractivity contribution in [1.82, 2.24) is 9.55 Å². The summed E-state index contributed by atoms with van der Waals surface area (Å²) in [6, 6.07) is 8.31. The van der Waals surface area contributed by atoms with E-state index in [1.54, 1.807) is 13.1 Å². The summed E-state index contributed by atoms with van der Waals surface area (Å²) in [6.45, 7) is 8.66. The van der Waals surface area contributed by atoms with E-state index < -0.39 is 6.10 Å². The molecule has 4 nitrogen and oxygen atoms in total. The van der Waals surface area contributed by atoms with Crippen molar-refractivity contribution in [3.05, 3.63) is 71.8 Å². The highest BCUT2D eigenvalue weighted by molar-refractivity contribution is 7.49. The van der Waals surface area contributed by atoms with E-state index >= 15 is 0 Å². The zero-order valence-electron chi connectivity index (χ0n) is 16.4. The number of benzene rings is 1. The van der Waals surface area contributed by atoms with Gasteiger partial charge in [-0.05, 0) is 61.1 Å². The first-order chi connectivity index (χ1) is 13.5. The van der Waals surface area contributed by atoms with Gasteiger partial charge in [0.1, 0.15) is 11.9 Å². The minimum absolute atomic E-state index is 0.160. The van der Waals surface area contributed by atoms with Crippen molar-refractivity contribution in [2.45, 2.75) is 38.5 Å². The summed E-state index contributed by atoms with van der Waals surface area (Å²) < 4.78 is 1.93. The van der Waals surface area contributed by atoms with Crippen molar-refractivity contribution >= 4 is 13.9 Å². The standard InChI is InChI=1S/C23H27N2O2P/c1-16(15-25-11-10-24-23(25)17(2)26)12-22(28-3)20-8-6-18(7-9-20)4-5-19-13-21(27)14-19/h6-12,17,19,21,26-28H,1,13-15H2,2-3H3/b22-12-/t17-,19?,21?/m0/s1. The highest BCUT2D eigenvalue weighted by Crippen LogP contribution is 2.32. The lowest BCUT2D eigenvalue weighted by Gasteiger charge is -2.26. The molecule has 1 aliphatic carbocycles. The molecule has 0 aliphatic heterocycles. The Kier molecular flexibility index (Phi) is 6.86. The van der Waals surface area contributed by atoms with Crippen LogP contribution in [0.1, 0.15) is 42.8 Å². The number of aliphatic hydroxyl groups is 2. The van der Waals surface area contributed by atoms with Crippen LogP contribution in [0.15, 0.2) is 54.9 Å².